The molecular formula is C18H13NO4. The molecule has 0 aromatic heterocycles. The number of carbonyl (C=O) groups excluding carboxylic acids is 2. The molecular weight excluding hydrogens is 294 g/mol. The Hall–Kier alpha value is -3.21. The van der Waals surface area contributed by atoms with E-state index in [0.717, 1.165) is 22.4 Å². The van der Waals surface area contributed by atoms with Gasteiger partial charge in [-0.2, -0.15) is 0 Å². The summed E-state index contributed by atoms with van der Waals surface area (Å²) in [5, 5.41) is 11.5. The quantitative estimate of drug-likeness (QED) is 0.517. The molecule has 114 valence electrons. The molecule has 0 saturated heterocycles. The standard InChI is InChI=1S/C18H13NO4/c20-16-10-14-8-5-12(9-15(14)19-16)2-1-11-3-6-13(7-4-11)17(21)18(22)23/h1-9H,10H2,(H,19,20)(H,22,23)/b2-1+. The number of nitrogens with one attached hydrogen (secondary N) is 1. The summed E-state index contributed by atoms with van der Waals surface area (Å²) in [6, 6.07) is 12.1. The smallest absolute Gasteiger partial charge is 0.377 e. The second kappa shape index (κ2) is 5.88. The van der Waals surface area contributed by atoms with Gasteiger partial charge in [0.25, 0.3) is 5.78 Å². The van der Waals surface area contributed by atoms with Gasteiger partial charge in [-0.05, 0) is 22.8 Å². The zero-order valence-corrected chi connectivity index (χ0v) is 12.1. The number of benzene rings is 2. The molecule has 0 aliphatic carbocycles. The van der Waals surface area contributed by atoms with Crippen LogP contribution in [0.2, 0.25) is 0 Å². The number of aliphatic carboxylic acids is 1. The summed E-state index contributed by atoms with van der Waals surface area (Å²) in [5.41, 5.74) is 3.76. The van der Waals surface area contributed by atoms with E-state index in [1.165, 1.54) is 12.1 Å². The maximum Gasteiger partial charge on any atom is 0.377 e. The molecule has 5 heteroatoms. The fourth-order valence-corrected chi connectivity index (χ4v) is 2.40. The first-order valence-electron chi connectivity index (χ1n) is 7.01. The maximum atomic E-state index is 11.3. The SMILES string of the molecule is O=C1Cc2ccc(/C=C/c3ccc(C(=O)C(=O)O)cc3)cc2N1. The Bertz CT molecular complexity index is 835. The van der Waals surface area contributed by atoms with Crippen LogP contribution in [0, 0.1) is 0 Å². The highest BCUT2D eigenvalue weighted by Gasteiger charge is 2.16. The van der Waals surface area contributed by atoms with Crippen molar-refractivity contribution in [1.82, 2.24) is 0 Å². The molecule has 0 unspecified atom stereocenters. The number of hydrogen-bond donors (Lipinski definition) is 2. The highest BCUT2D eigenvalue weighted by Crippen LogP contribution is 2.24. The summed E-state index contributed by atoms with van der Waals surface area (Å²) >= 11 is 0. The highest BCUT2D eigenvalue weighted by molar-refractivity contribution is 6.39. The lowest BCUT2D eigenvalue weighted by atomic mass is 10.1. The van der Waals surface area contributed by atoms with Gasteiger partial charge in [0.2, 0.25) is 5.91 Å². The average molecular weight is 307 g/mol. The number of anilines is 1. The number of carbonyl (C=O) groups is 3. The molecule has 2 aromatic rings. The van der Waals surface area contributed by atoms with E-state index in [1.54, 1.807) is 12.1 Å². The van der Waals surface area contributed by atoms with Gasteiger partial charge in [0.15, 0.2) is 0 Å². The first kappa shape index (κ1) is 14.7. The van der Waals surface area contributed by atoms with Crippen LogP contribution in [0.4, 0.5) is 5.69 Å². The van der Waals surface area contributed by atoms with Gasteiger partial charge in [0.05, 0.1) is 6.42 Å². The number of Topliss-reactive ketones (excluding diaryl/α,β-unsaturated/α-hetero) is 1. The van der Waals surface area contributed by atoms with Crippen LogP contribution in [0.25, 0.3) is 12.2 Å². The normalized spacial score (nSPS) is 13.0. The summed E-state index contributed by atoms with van der Waals surface area (Å²) in [6.07, 6.45) is 4.16. The van der Waals surface area contributed by atoms with Crippen molar-refractivity contribution in [3.63, 3.8) is 0 Å². The Morgan fingerprint density at radius 3 is 2.35 bits per heavy atom. The van der Waals surface area contributed by atoms with Crippen LogP contribution < -0.4 is 5.32 Å². The number of amides is 1. The molecule has 1 amide bonds. The van der Waals surface area contributed by atoms with Crippen molar-refractivity contribution in [2.75, 3.05) is 5.32 Å². The van der Waals surface area contributed by atoms with Gasteiger partial charge in [0.1, 0.15) is 0 Å². The van der Waals surface area contributed by atoms with Gasteiger partial charge < -0.3 is 10.4 Å². The minimum atomic E-state index is -1.46. The Morgan fingerprint density at radius 2 is 1.65 bits per heavy atom. The molecule has 0 saturated carbocycles. The molecule has 1 heterocycles. The van der Waals surface area contributed by atoms with Gasteiger partial charge in [-0.25, -0.2) is 4.79 Å². The Labute approximate surface area is 132 Å². The fraction of sp³-hybridized carbons (Fsp3) is 0.0556. The molecule has 0 bridgehead atoms. The van der Waals surface area contributed by atoms with E-state index in [0.29, 0.717) is 6.42 Å². The van der Waals surface area contributed by atoms with Crippen LogP contribution in [-0.4, -0.2) is 22.8 Å². The lowest BCUT2D eigenvalue weighted by molar-refractivity contribution is -0.131. The van der Waals surface area contributed by atoms with Crippen molar-refractivity contribution in [2.24, 2.45) is 0 Å². The topological polar surface area (TPSA) is 83.5 Å². The number of rotatable bonds is 4. The molecule has 0 atom stereocenters. The third-order valence-electron chi connectivity index (χ3n) is 3.59. The lowest BCUT2D eigenvalue weighted by Crippen LogP contribution is -2.12. The van der Waals surface area contributed by atoms with Crippen molar-refractivity contribution in [2.45, 2.75) is 6.42 Å². The minimum Gasteiger partial charge on any atom is -0.475 e. The predicted molar refractivity (Wildman–Crippen MR) is 86.1 cm³/mol. The van der Waals surface area contributed by atoms with E-state index in [4.69, 9.17) is 5.11 Å². The van der Waals surface area contributed by atoms with E-state index in [-0.39, 0.29) is 11.5 Å². The van der Waals surface area contributed by atoms with Gasteiger partial charge >= 0.3 is 5.97 Å². The molecule has 1 aliphatic heterocycles. The monoisotopic (exact) mass is 307 g/mol. The number of ketones is 1. The van der Waals surface area contributed by atoms with Gasteiger partial charge in [-0.15, -0.1) is 0 Å². The van der Waals surface area contributed by atoms with Gasteiger partial charge in [-0.3, -0.25) is 9.59 Å². The van der Waals surface area contributed by atoms with Crippen molar-refractivity contribution in [3.05, 3.63) is 64.7 Å². The average Bonchev–Trinajstić information content (AvgIpc) is 2.92. The third-order valence-corrected chi connectivity index (χ3v) is 3.59. The number of fused-ring (bicyclic) bond motifs is 1. The van der Waals surface area contributed by atoms with Crippen LogP contribution in [-0.2, 0) is 16.0 Å². The summed E-state index contributed by atoms with van der Waals surface area (Å²) in [4.78, 5) is 33.3. The highest BCUT2D eigenvalue weighted by atomic mass is 16.4. The molecule has 1 aliphatic rings. The van der Waals surface area contributed by atoms with Crippen LogP contribution in [0.5, 0.6) is 0 Å². The fourth-order valence-electron chi connectivity index (χ4n) is 2.40. The third kappa shape index (κ3) is 3.18. The number of hydrogen-bond acceptors (Lipinski definition) is 3. The van der Waals surface area contributed by atoms with Crippen LogP contribution in [0.1, 0.15) is 27.0 Å². The van der Waals surface area contributed by atoms with Gasteiger partial charge in [-0.1, -0.05) is 48.6 Å². The lowest BCUT2D eigenvalue weighted by Gasteiger charge is -2.01. The summed E-state index contributed by atoms with van der Waals surface area (Å²) in [7, 11) is 0. The van der Waals surface area contributed by atoms with Crippen LogP contribution in [0.3, 0.4) is 0 Å². The van der Waals surface area contributed by atoms with Crippen molar-refractivity contribution < 1.29 is 19.5 Å². The number of carboxylic acids is 1. The Balaban J connectivity index is 1.76. The maximum absolute atomic E-state index is 11.3. The van der Waals surface area contributed by atoms with Gasteiger partial charge in [0, 0.05) is 11.3 Å². The molecule has 0 spiro atoms. The van der Waals surface area contributed by atoms with Crippen LogP contribution >= 0.6 is 0 Å². The minimum absolute atomic E-state index is 0.000170. The second-order valence-electron chi connectivity index (χ2n) is 5.23. The molecule has 23 heavy (non-hydrogen) atoms. The molecule has 0 fully saturated rings. The molecule has 2 aromatic carbocycles. The predicted octanol–water partition coefficient (Wildman–Crippen LogP) is 2.62. The van der Waals surface area contributed by atoms with E-state index < -0.39 is 11.8 Å². The summed E-state index contributed by atoms with van der Waals surface area (Å²) in [6.45, 7) is 0. The van der Waals surface area contributed by atoms with Crippen molar-refractivity contribution in [3.8, 4) is 0 Å². The first-order chi connectivity index (χ1) is 11.0. The first-order valence-corrected chi connectivity index (χ1v) is 7.01. The molecule has 3 rings (SSSR count). The zero-order valence-electron chi connectivity index (χ0n) is 12.1. The molecule has 5 nitrogen and oxygen atoms in total. The van der Waals surface area contributed by atoms with E-state index in [2.05, 4.69) is 5.32 Å². The second-order valence-corrected chi connectivity index (χ2v) is 5.23. The Morgan fingerprint density at radius 1 is 1.00 bits per heavy atom. The van der Waals surface area contributed by atoms with Crippen molar-refractivity contribution >= 4 is 35.5 Å². The van der Waals surface area contributed by atoms with E-state index >= 15 is 0 Å². The van der Waals surface area contributed by atoms with E-state index in [1.807, 2.05) is 30.4 Å². The number of carboxylic acid groups (broad SMARTS) is 1. The Kier molecular flexibility index (Phi) is 3.76. The zero-order chi connectivity index (χ0) is 16.4. The summed E-state index contributed by atoms with van der Waals surface area (Å²) in [5.74, 6) is -2.39. The molecule has 2 N–H and O–H groups in total. The summed E-state index contributed by atoms with van der Waals surface area (Å²) < 4.78 is 0. The van der Waals surface area contributed by atoms with E-state index in [9.17, 15) is 14.4 Å². The molecule has 0 radical (unpaired) electrons. The van der Waals surface area contributed by atoms with Crippen molar-refractivity contribution in [1.29, 1.82) is 0 Å². The largest absolute Gasteiger partial charge is 0.475 e. The van der Waals surface area contributed by atoms with Crippen LogP contribution in [0.15, 0.2) is 42.5 Å².